The number of rotatable bonds is 10. The lowest BCUT2D eigenvalue weighted by Gasteiger charge is -2.12. The number of oxazole rings is 1. The molecule has 1 N–H and O–H groups in total. The van der Waals surface area contributed by atoms with E-state index in [1.807, 2.05) is 6.07 Å². The van der Waals surface area contributed by atoms with Crippen LogP contribution in [0.5, 0.6) is 11.5 Å². The molecule has 3 rings (SSSR count). The fourth-order valence-electron chi connectivity index (χ4n) is 3.55. The maximum absolute atomic E-state index is 12.5. The van der Waals surface area contributed by atoms with Gasteiger partial charge in [0.2, 0.25) is 11.8 Å². The second kappa shape index (κ2) is 11.1. The lowest BCUT2D eigenvalue weighted by atomic mass is 9.97. The highest BCUT2D eigenvalue weighted by atomic mass is 32.2. The summed E-state index contributed by atoms with van der Waals surface area (Å²) in [6, 6.07) is 5.38. The van der Waals surface area contributed by atoms with Gasteiger partial charge in [-0.15, -0.1) is 0 Å². The summed E-state index contributed by atoms with van der Waals surface area (Å²) in [6.45, 7) is 2.37. The number of carbonyl (C=O) groups is 1. The first-order valence-corrected chi connectivity index (χ1v) is 12.0. The van der Waals surface area contributed by atoms with Crippen molar-refractivity contribution in [2.75, 3.05) is 26.5 Å². The van der Waals surface area contributed by atoms with Crippen molar-refractivity contribution in [3.63, 3.8) is 0 Å². The molecule has 0 fully saturated rings. The molecule has 0 aliphatic heterocycles. The molecule has 0 unspecified atom stereocenters. The average Bonchev–Trinajstić information content (AvgIpc) is 3.13. The summed E-state index contributed by atoms with van der Waals surface area (Å²) in [7, 11) is 1.77. The number of ether oxygens (including phenoxy) is 2. The Bertz CT molecular complexity index is 967. The molecule has 1 atom stereocenters. The van der Waals surface area contributed by atoms with Gasteiger partial charge in [-0.3, -0.25) is 9.00 Å². The molecular formula is C23H30N2O5S. The van der Waals surface area contributed by atoms with Crippen LogP contribution in [0.3, 0.4) is 0 Å². The molecule has 0 saturated carbocycles. The van der Waals surface area contributed by atoms with Crippen LogP contribution in [0.25, 0.3) is 11.5 Å². The van der Waals surface area contributed by atoms with Crippen molar-refractivity contribution in [1.29, 1.82) is 0 Å². The zero-order valence-electron chi connectivity index (χ0n) is 18.4. The fraction of sp³-hybridized carbons (Fsp3) is 0.478. The molecule has 1 aromatic carbocycles. The quantitative estimate of drug-likeness (QED) is 0.556. The molecular weight excluding hydrogens is 416 g/mol. The SMILES string of the molecule is COc1ccc(-c2nc(C[S@](=O)CC(=O)NCCC3=CCCCC3)c(C)o2)cc1OC. The van der Waals surface area contributed by atoms with Crippen LogP contribution in [-0.2, 0) is 21.3 Å². The monoisotopic (exact) mass is 446 g/mol. The lowest BCUT2D eigenvalue weighted by molar-refractivity contribution is -0.118. The molecule has 1 amide bonds. The third-order valence-electron chi connectivity index (χ3n) is 5.27. The van der Waals surface area contributed by atoms with Gasteiger partial charge in [0.1, 0.15) is 11.5 Å². The van der Waals surface area contributed by atoms with Crippen molar-refractivity contribution in [3.8, 4) is 23.0 Å². The first-order valence-electron chi connectivity index (χ1n) is 10.5. The molecule has 0 radical (unpaired) electrons. The Kier molecular flexibility index (Phi) is 8.28. The number of hydrogen-bond acceptors (Lipinski definition) is 6. The van der Waals surface area contributed by atoms with Crippen LogP contribution in [0.1, 0.15) is 43.6 Å². The zero-order chi connectivity index (χ0) is 22.2. The van der Waals surface area contributed by atoms with E-state index in [1.54, 1.807) is 33.3 Å². The minimum Gasteiger partial charge on any atom is -0.493 e. The molecule has 1 aliphatic rings. The van der Waals surface area contributed by atoms with E-state index in [4.69, 9.17) is 13.9 Å². The standard InChI is InChI=1S/C23H30N2O5S/c1-16-19(25-23(30-16)18-9-10-20(28-2)21(13-18)29-3)14-31(27)15-22(26)24-12-11-17-7-5-4-6-8-17/h7,9-10,13H,4-6,8,11-12,14-15H2,1-3H3,(H,24,26)/t31-/m0/s1. The number of benzene rings is 1. The van der Waals surface area contributed by atoms with Gasteiger partial charge in [0.05, 0.1) is 25.7 Å². The number of allylic oxidation sites excluding steroid dienone is 1. The first kappa shape index (κ1) is 23.1. The minimum atomic E-state index is -1.37. The summed E-state index contributed by atoms with van der Waals surface area (Å²) in [5, 5.41) is 2.87. The number of nitrogens with one attached hydrogen (secondary N) is 1. The number of nitrogens with zero attached hydrogens (tertiary/aromatic N) is 1. The van der Waals surface area contributed by atoms with Crippen LogP contribution in [0.15, 0.2) is 34.3 Å². The second-order valence-corrected chi connectivity index (χ2v) is 8.99. The third kappa shape index (κ3) is 6.43. The van der Waals surface area contributed by atoms with Gasteiger partial charge in [0.25, 0.3) is 0 Å². The van der Waals surface area contributed by atoms with Crippen LogP contribution in [-0.4, -0.2) is 41.6 Å². The Morgan fingerprint density at radius 2 is 2.03 bits per heavy atom. The number of carbonyl (C=O) groups excluding carboxylic acids is 1. The number of aryl methyl sites for hydroxylation is 1. The van der Waals surface area contributed by atoms with Gasteiger partial charge in [-0.2, -0.15) is 0 Å². The molecule has 1 aliphatic carbocycles. The van der Waals surface area contributed by atoms with Crippen LogP contribution in [0.4, 0.5) is 0 Å². The number of amides is 1. The molecule has 31 heavy (non-hydrogen) atoms. The van der Waals surface area contributed by atoms with Crippen LogP contribution < -0.4 is 14.8 Å². The van der Waals surface area contributed by atoms with Gasteiger partial charge in [-0.1, -0.05) is 11.6 Å². The van der Waals surface area contributed by atoms with E-state index in [1.165, 1.54) is 18.4 Å². The fourth-order valence-corrected chi connectivity index (χ4v) is 4.62. The predicted molar refractivity (Wildman–Crippen MR) is 121 cm³/mol. The number of aromatic nitrogens is 1. The minimum absolute atomic E-state index is 0.0446. The molecule has 0 spiro atoms. The van der Waals surface area contributed by atoms with Gasteiger partial charge < -0.3 is 19.2 Å². The van der Waals surface area contributed by atoms with Gasteiger partial charge >= 0.3 is 0 Å². The predicted octanol–water partition coefficient (Wildman–Crippen LogP) is 3.92. The van der Waals surface area contributed by atoms with Crippen molar-refractivity contribution < 1.29 is 22.9 Å². The van der Waals surface area contributed by atoms with E-state index in [0.29, 0.717) is 35.4 Å². The van der Waals surface area contributed by atoms with Crippen molar-refractivity contribution in [3.05, 3.63) is 41.3 Å². The molecule has 168 valence electrons. The van der Waals surface area contributed by atoms with Gasteiger partial charge in [-0.05, 0) is 57.2 Å². The smallest absolute Gasteiger partial charge is 0.232 e. The first-order chi connectivity index (χ1) is 15.0. The second-order valence-electron chi connectivity index (χ2n) is 7.53. The van der Waals surface area contributed by atoms with Gasteiger partial charge in [0, 0.05) is 22.9 Å². The van der Waals surface area contributed by atoms with Gasteiger partial charge in [-0.25, -0.2) is 4.98 Å². The van der Waals surface area contributed by atoms with Crippen LogP contribution in [0.2, 0.25) is 0 Å². The highest BCUT2D eigenvalue weighted by molar-refractivity contribution is 7.84. The summed E-state index contributed by atoms with van der Waals surface area (Å²) < 4.78 is 28.8. The molecule has 1 heterocycles. The van der Waals surface area contributed by atoms with E-state index in [0.717, 1.165) is 24.8 Å². The van der Waals surface area contributed by atoms with E-state index in [2.05, 4.69) is 16.4 Å². The molecule has 0 saturated heterocycles. The maximum Gasteiger partial charge on any atom is 0.232 e. The zero-order valence-corrected chi connectivity index (χ0v) is 19.2. The Hall–Kier alpha value is -2.61. The largest absolute Gasteiger partial charge is 0.493 e. The Balaban J connectivity index is 1.54. The normalized spacial score (nSPS) is 14.6. The van der Waals surface area contributed by atoms with E-state index in [9.17, 15) is 9.00 Å². The molecule has 8 heteroatoms. The molecule has 2 aromatic rings. The maximum atomic E-state index is 12.5. The molecule has 7 nitrogen and oxygen atoms in total. The topological polar surface area (TPSA) is 90.7 Å². The average molecular weight is 447 g/mol. The molecule has 0 bridgehead atoms. The van der Waals surface area contributed by atoms with Crippen molar-refractivity contribution in [1.82, 2.24) is 10.3 Å². The number of methoxy groups -OCH3 is 2. The van der Waals surface area contributed by atoms with Crippen molar-refractivity contribution in [2.24, 2.45) is 0 Å². The Morgan fingerprint density at radius 1 is 1.23 bits per heavy atom. The summed E-state index contributed by atoms with van der Waals surface area (Å²) in [5.74, 6) is 2.11. The highest BCUT2D eigenvalue weighted by Gasteiger charge is 2.17. The summed E-state index contributed by atoms with van der Waals surface area (Å²) in [5.41, 5.74) is 2.73. The van der Waals surface area contributed by atoms with Crippen molar-refractivity contribution >= 4 is 16.7 Å². The highest BCUT2D eigenvalue weighted by Crippen LogP contribution is 2.32. The van der Waals surface area contributed by atoms with Crippen LogP contribution >= 0.6 is 0 Å². The van der Waals surface area contributed by atoms with Crippen molar-refractivity contribution in [2.45, 2.75) is 44.8 Å². The molecule has 1 aromatic heterocycles. The van der Waals surface area contributed by atoms with Gasteiger partial charge in [0.15, 0.2) is 11.5 Å². The van der Waals surface area contributed by atoms with E-state index < -0.39 is 10.8 Å². The van der Waals surface area contributed by atoms with E-state index in [-0.39, 0.29) is 17.4 Å². The van der Waals surface area contributed by atoms with E-state index >= 15 is 0 Å². The lowest BCUT2D eigenvalue weighted by Crippen LogP contribution is -2.29. The Morgan fingerprint density at radius 3 is 2.74 bits per heavy atom. The summed E-state index contributed by atoms with van der Waals surface area (Å²) in [6.07, 6.45) is 7.88. The van der Waals surface area contributed by atoms with Crippen LogP contribution in [0, 0.1) is 6.92 Å². The number of hydrogen-bond donors (Lipinski definition) is 1. The summed E-state index contributed by atoms with van der Waals surface area (Å²) in [4.78, 5) is 16.6. The third-order valence-corrected chi connectivity index (χ3v) is 6.45. The summed E-state index contributed by atoms with van der Waals surface area (Å²) >= 11 is 0. The Labute approximate surface area is 185 Å².